The molecule has 1 aliphatic rings. The lowest BCUT2D eigenvalue weighted by atomic mass is 9.82. The maximum atomic E-state index is 11.2. The van der Waals surface area contributed by atoms with Gasteiger partial charge in [-0.05, 0) is 53.0 Å². The van der Waals surface area contributed by atoms with Crippen molar-refractivity contribution in [3.05, 3.63) is 191 Å². The predicted octanol–water partition coefficient (Wildman–Crippen LogP) is 8.84. The molecule has 0 radical (unpaired) electrons. The summed E-state index contributed by atoms with van der Waals surface area (Å²) in [6, 6.07) is 49.2. The van der Waals surface area contributed by atoms with E-state index in [1.807, 2.05) is 48.5 Å². The molecule has 0 amide bonds. The van der Waals surface area contributed by atoms with Gasteiger partial charge in [-0.25, -0.2) is 0 Å². The number of fused-ring (bicyclic) bond motifs is 3. The molecule has 6 aromatic rings. The Labute approximate surface area is 258 Å². The molecule has 0 aliphatic carbocycles. The Bertz CT molecular complexity index is 1980. The number of rotatable bonds is 7. The van der Waals surface area contributed by atoms with Gasteiger partial charge in [0.15, 0.2) is 11.2 Å². The first-order valence-corrected chi connectivity index (χ1v) is 15.0. The van der Waals surface area contributed by atoms with Crippen LogP contribution in [-0.4, -0.2) is 5.11 Å². The average Bonchev–Trinajstić information content (AvgIpc) is 3.11. The third kappa shape index (κ3) is 4.88. The number of aliphatic hydroxyl groups is 1. The minimum Gasteiger partial charge on any atom is -0.473 e. The Morgan fingerprint density at radius 1 is 0.614 bits per heavy atom. The van der Waals surface area contributed by atoms with Gasteiger partial charge >= 0.3 is 0 Å². The Morgan fingerprint density at radius 2 is 1.18 bits per heavy atom. The quantitative estimate of drug-likeness (QED) is 0.195. The van der Waals surface area contributed by atoms with Gasteiger partial charge in [-0.1, -0.05) is 145 Å². The van der Waals surface area contributed by atoms with Crippen molar-refractivity contribution < 1.29 is 9.84 Å². The van der Waals surface area contributed by atoms with E-state index in [2.05, 4.69) is 115 Å². The molecule has 44 heavy (non-hydrogen) atoms. The average molecular weight is 569 g/mol. The van der Waals surface area contributed by atoms with E-state index in [4.69, 9.17) is 11.2 Å². The van der Waals surface area contributed by atoms with Crippen LogP contribution < -0.4 is 4.74 Å². The van der Waals surface area contributed by atoms with Crippen LogP contribution in [-0.2, 0) is 24.0 Å². The highest BCUT2D eigenvalue weighted by molar-refractivity contribution is 5.94. The molecule has 1 heterocycles. The van der Waals surface area contributed by atoms with E-state index in [0.717, 1.165) is 35.3 Å². The highest BCUT2D eigenvalue weighted by atomic mass is 16.5. The normalized spacial score (nSPS) is 16.8. The van der Waals surface area contributed by atoms with Crippen molar-refractivity contribution in [3.63, 3.8) is 0 Å². The Hall–Kier alpha value is -5.36. The summed E-state index contributed by atoms with van der Waals surface area (Å²) in [5.41, 5.74) is 4.93. The molecule has 0 saturated carbocycles. The summed E-state index contributed by atoms with van der Waals surface area (Å²) in [5.74, 6) is 3.47. The summed E-state index contributed by atoms with van der Waals surface area (Å²) < 4.78 is 6.93. The first-order valence-electron chi connectivity index (χ1n) is 15.0. The van der Waals surface area contributed by atoms with Gasteiger partial charge in [0.2, 0.25) is 0 Å². The summed E-state index contributed by atoms with van der Waals surface area (Å²) in [7, 11) is 0. The number of hydrogen-bond acceptors (Lipinski definition) is 2. The van der Waals surface area contributed by atoms with Crippen LogP contribution in [0.1, 0.15) is 38.9 Å². The molecular formula is C42H32O2. The number of hydrogen-bond donors (Lipinski definition) is 1. The van der Waals surface area contributed by atoms with Crippen LogP contribution in [0, 0.1) is 12.3 Å². The molecule has 1 aliphatic heterocycles. The van der Waals surface area contributed by atoms with Crippen molar-refractivity contribution in [2.45, 2.75) is 24.0 Å². The Morgan fingerprint density at radius 3 is 1.86 bits per heavy atom. The van der Waals surface area contributed by atoms with Crippen molar-refractivity contribution in [1.82, 2.24) is 0 Å². The second-order valence-corrected chi connectivity index (χ2v) is 11.4. The summed E-state index contributed by atoms with van der Waals surface area (Å²) in [6.07, 6.45) is 12.0. The standard InChI is InChI=1S/C42H32O2/c1-2-41(43,34-12-5-3-6-13-34)35-24-19-31(20-25-35)17-18-32-21-26-37(27-22-32)42(36-14-7-4-8-15-36)30-29-39-38-16-10-9-11-33(38)23-28-40(39)44-42/h1,3-16,19-30,43H,17-18H2. The fourth-order valence-corrected chi connectivity index (χ4v) is 6.24. The lowest BCUT2D eigenvalue weighted by Gasteiger charge is -2.36. The highest BCUT2D eigenvalue weighted by Crippen LogP contribution is 2.44. The topological polar surface area (TPSA) is 29.5 Å². The molecule has 0 aromatic heterocycles. The molecule has 0 bridgehead atoms. The van der Waals surface area contributed by atoms with Gasteiger partial charge in [0.1, 0.15) is 5.75 Å². The molecule has 2 heteroatoms. The van der Waals surface area contributed by atoms with Crippen LogP contribution in [0.15, 0.2) is 152 Å². The summed E-state index contributed by atoms with van der Waals surface area (Å²) >= 11 is 0. The minimum atomic E-state index is -1.45. The Balaban J connectivity index is 1.12. The van der Waals surface area contributed by atoms with Crippen LogP contribution in [0.3, 0.4) is 0 Å². The number of terminal acetylenes is 1. The van der Waals surface area contributed by atoms with Gasteiger partial charge in [-0.3, -0.25) is 0 Å². The van der Waals surface area contributed by atoms with E-state index < -0.39 is 11.2 Å². The second-order valence-electron chi connectivity index (χ2n) is 11.4. The third-order valence-electron chi connectivity index (χ3n) is 8.75. The molecule has 0 saturated heterocycles. The first-order chi connectivity index (χ1) is 21.6. The van der Waals surface area contributed by atoms with Gasteiger partial charge < -0.3 is 9.84 Å². The molecule has 0 spiro atoms. The SMILES string of the molecule is C#CC(O)(c1ccccc1)c1ccc(CCc2ccc(C3(c4ccccc4)C=Cc4c(ccc5ccccc45)O3)cc2)cc1. The number of benzene rings is 6. The molecule has 212 valence electrons. The zero-order chi connectivity index (χ0) is 30.0. The molecule has 6 aromatic carbocycles. The minimum absolute atomic E-state index is 0.692. The molecule has 2 nitrogen and oxygen atoms in total. The van der Waals surface area contributed by atoms with E-state index in [0.29, 0.717) is 11.1 Å². The smallest absolute Gasteiger partial charge is 0.178 e. The lowest BCUT2D eigenvalue weighted by molar-refractivity contribution is 0.145. The van der Waals surface area contributed by atoms with Crippen molar-refractivity contribution in [3.8, 4) is 18.1 Å². The second kappa shape index (κ2) is 11.4. The maximum Gasteiger partial charge on any atom is 0.178 e. The fourth-order valence-electron chi connectivity index (χ4n) is 6.24. The van der Waals surface area contributed by atoms with E-state index in [-0.39, 0.29) is 0 Å². The van der Waals surface area contributed by atoms with E-state index >= 15 is 0 Å². The van der Waals surface area contributed by atoms with Gasteiger partial charge in [0, 0.05) is 27.8 Å². The van der Waals surface area contributed by atoms with E-state index in [1.165, 1.54) is 21.9 Å². The summed E-state index contributed by atoms with van der Waals surface area (Å²) in [5, 5.41) is 13.6. The largest absolute Gasteiger partial charge is 0.473 e. The lowest BCUT2D eigenvalue weighted by Crippen LogP contribution is -2.34. The van der Waals surface area contributed by atoms with Crippen LogP contribution >= 0.6 is 0 Å². The van der Waals surface area contributed by atoms with Gasteiger partial charge in [-0.15, -0.1) is 6.42 Å². The summed E-state index contributed by atoms with van der Waals surface area (Å²) in [6.45, 7) is 0. The van der Waals surface area contributed by atoms with Crippen molar-refractivity contribution in [2.75, 3.05) is 0 Å². The van der Waals surface area contributed by atoms with Crippen LogP contribution in [0.25, 0.3) is 16.8 Å². The molecule has 2 unspecified atom stereocenters. The van der Waals surface area contributed by atoms with Gasteiger partial charge in [0.05, 0.1) is 0 Å². The summed E-state index contributed by atoms with van der Waals surface area (Å²) in [4.78, 5) is 0. The van der Waals surface area contributed by atoms with Crippen molar-refractivity contribution >= 4 is 16.8 Å². The zero-order valence-corrected chi connectivity index (χ0v) is 24.4. The van der Waals surface area contributed by atoms with Gasteiger partial charge in [-0.2, -0.15) is 0 Å². The molecule has 1 N–H and O–H groups in total. The van der Waals surface area contributed by atoms with Crippen molar-refractivity contribution in [2.24, 2.45) is 0 Å². The predicted molar refractivity (Wildman–Crippen MR) is 179 cm³/mol. The third-order valence-corrected chi connectivity index (χ3v) is 8.75. The first kappa shape index (κ1) is 27.5. The van der Waals surface area contributed by atoms with Crippen LogP contribution in [0.2, 0.25) is 0 Å². The Kier molecular flexibility index (Phi) is 7.10. The highest BCUT2D eigenvalue weighted by Gasteiger charge is 2.37. The monoisotopic (exact) mass is 568 g/mol. The zero-order valence-electron chi connectivity index (χ0n) is 24.4. The maximum absolute atomic E-state index is 11.2. The van der Waals surface area contributed by atoms with E-state index in [9.17, 15) is 5.11 Å². The molecule has 7 rings (SSSR count). The van der Waals surface area contributed by atoms with Crippen LogP contribution in [0.4, 0.5) is 0 Å². The van der Waals surface area contributed by atoms with Crippen molar-refractivity contribution in [1.29, 1.82) is 0 Å². The number of aryl methyl sites for hydroxylation is 2. The molecule has 2 atom stereocenters. The molecule has 0 fully saturated rings. The van der Waals surface area contributed by atoms with Crippen LogP contribution in [0.5, 0.6) is 5.75 Å². The van der Waals surface area contributed by atoms with E-state index in [1.54, 1.807) is 0 Å². The van der Waals surface area contributed by atoms with Gasteiger partial charge in [0.25, 0.3) is 0 Å². The fraction of sp³-hybridized carbons (Fsp3) is 0.0952. The number of ether oxygens (including phenoxy) is 1. The molecular weight excluding hydrogens is 536 g/mol.